The number of fused-ring (bicyclic) bond motifs is 3. The molecule has 1 aliphatic heterocycles. The normalized spacial score (nSPS) is 21.8. The van der Waals surface area contributed by atoms with E-state index < -0.39 is 5.97 Å². The van der Waals surface area contributed by atoms with Gasteiger partial charge in [0.05, 0.1) is 23.4 Å². The van der Waals surface area contributed by atoms with Crippen molar-refractivity contribution in [2.24, 2.45) is 5.92 Å². The number of carbonyl (C=O) groups excluding carboxylic acids is 1. The van der Waals surface area contributed by atoms with Gasteiger partial charge in [0, 0.05) is 43.8 Å². The Labute approximate surface area is 187 Å². The maximum atomic E-state index is 12.7. The minimum Gasteiger partial charge on any atom is -0.489 e. The Balaban J connectivity index is 1.74. The Bertz CT molecular complexity index is 1050. The second-order valence-corrected chi connectivity index (χ2v) is 9.00. The van der Waals surface area contributed by atoms with Crippen molar-refractivity contribution in [3.8, 4) is 17.0 Å². The van der Waals surface area contributed by atoms with E-state index in [2.05, 4.69) is 13.8 Å². The molecular formula is C24H28ClNO5. The number of carbonyl (C=O) groups is 1. The van der Waals surface area contributed by atoms with Gasteiger partial charge in [0.2, 0.25) is 0 Å². The van der Waals surface area contributed by atoms with Crippen molar-refractivity contribution in [2.45, 2.75) is 58.3 Å². The predicted octanol–water partition coefficient (Wildman–Crippen LogP) is 4.65. The summed E-state index contributed by atoms with van der Waals surface area (Å²) in [7, 11) is 1.71. The van der Waals surface area contributed by atoms with Crippen LogP contribution in [0.4, 0.5) is 0 Å². The Morgan fingerprint density at radius 3 is 2.61 bits per heavy atom. The van der Waals surface area contributed by atoms with E-state index in [1.807, 2.05) is 16.7 Å². The predicted molar refractivity (Wildman–Crippen MR) is 119 cm³/mol. The second-order valence-electron chi connectivity index (χ2n) is 8.59. The van der Waals surface area contributed by atoms with Crippen LogP contribution in [0, 0.1) is 5.92 Å². The first-order valence-corrected chi connectivity index (χ1v) is 11.2. The Hall–Kier alpha value is -2.31. The molecule has 1 unspecified atom stereocenters. The van der Waals surface area contributed by atoms with Gasteiger partial charge in [-0.1, -0.05) is 25.4 Å². The molecule has 1 fully saturated rings. The van der Waals surface area contributed by atoms with Crippen LogP contribution >= 0.6 is 11.6 Å². The SMILES string of the molecule is CCOC(=O)c1cn2c(cc1=O)-c1cc(Cl)c(O[C@H]3C[C@H](OC)C3)cc1CC2C(C)C. The molecular weight excluding hydrogens is 418 g/mol. The summed E-state index contributed by atoms with van der Waals surface area (Å²) in [5.74, 6) is 0.368. The highest BCUT2D eigenvalue weighted by Gasteiger charge is 2.33. The standard InChI is InChI=1S/C24H28ClNO5/c1-5-30-24(28)18-12-26-20(13(2)3)6-14-7-23(31-16-8-15(9-16)29-4)19(25)10-17(14)21(26)11-22(18)27/h7,10-13,15-16,20H,5-6,8-9H2,1-4H3/t15-,16-,20?. The zero-order valence-electron chi connectivity index (χ0n) is 18.3. The average Bonchev–Trinajstić information content (AvgIpc) is 2.69. The Morgan fingerprint density at radius 2 is 1.97 bits per heavy atom. The molecule has 0 radical (unpaired) electrons. The molecule has 6 nitrogen and oxygen atoms in total. The highest BCUT2D eigenvalue weighted by Crippen LogP contribution is 2.42. The highest BCUT2D eigenvalue weighted by molar-refractivity contribution is 6.32. The number of hydrogen-bond donors (Lipinski definition) is 0. The molecule has 7 heteroatoms. The van der Waals surface area contributed by atoms with E-state index in [9.17, 15) is 9.59 Å². The summed E-state index contributed by atoms with van der Waals surface area (Å²) in [6, 6.07) is 5.48. The number of nitrogens with zero attached hydrogens (tertiary/aromatic N) is 1. The molecule has 1 aromatic heterocycles. The number of halogens is 1. The topological polar surface area (TPSA) is 66.8 Å². The molecule has 1 aromatic carbocycles. The number of hydrogen-bond acceptors (Lipinski definition) is 5. The summed E-state index contributed by atoms with van der Waals surface area (Å²) in [4.78, 5) is 25.0. The van der Waals surface area contributed by atoms with Crippen molar-refractivity contribution in [3.63, 3.8) is 0 Å². The van der Waals surface area contributed by atoms with Crippen LogP contribution in [0.5, 0.6) is 5.75 Å². The maximum Gasteiger partial charge on any atom is 0.343 e. The molecule has 2 aliphatic rings. The van der Waals surface area contributed by atoms with Crippen LogP contribution in [-0.4, -0.2) is 36.5 Å². The van der Waals surface area contributed by atoms with E-state index in [-0.39, 0.29) is 35.8 Å². The third kappa shape index (κ3) is 4.11. The van der Waals surface area contributed by atoms with Crippen LogP contribution in [0.15, 0.2) is 29.2 Å². The fraction of sp³-hybridized carbons (Fsp3) is 0.500. The first kappa shape index (κ1) is 21.9. The van der Waals surface area contributed by atoms with E-state index in [4.69, 9.17) is 25.8 Å². The second kappa shape index (κ2) is 8.67. The number of methoxy groups -OCH3 is 1. The molecule has 0 saturated heterocycles. The van der Waals surface area contributed by atoms with E-state index >= 15 is 0 Å². The molecule has 2 aromatic rings. The first-order chi connectivity index (χ1) is 14.8. The van der Waals surface area contributed by atoms with Crippen LogP contribution in [0.2, 0.25) is 5.02 Å². The minimum atomic E-state index is -0.590. The zero-order chi connectivity index (χ0) is 22.3. The lowest BCUT2D eigenvalue weighted by molar-refractivity contribution is -0.0380. The largest absolute Gasteiger partial charge is 0.489 e. The molecule has 4 rings (SSSR count). The van der Waals surface area contributed by atoms with E-state index in [1.165, 1.54) is 6.07 Å². The molecule has 0 bridgehead atoms. The van der Waals surface area contributed by atoms with E-state index in [0.29, 0.717) is 16.7 Å². The summed E-state index contributed by atoms with van der Waals surface area (Å²) >= 11 is 6.57. The summed E-state index contributed by atoms with van der Waals surface area (Å²) in [5.41, 5.74) is 2.45. The third-order valence-corrected chi connectivity index (χ3v) is 6.54. The molecule has 1 aliphatic carbocycles. The van der Waals surface area contributed by atoms with Gasteiger partial charge in [-0.2, -0.15) is 0 Å². The fourth-order valence-electron chi connectivity index (χ4n) is 4.36. The van der Waals surface area contributed by atoms with Crippen LogP contribution in [0.25, 0.3) is 11.3 Å². The monoisotopic (exact) mass is 445 g/mol. The zero-order valence-corrected chi connectivity index (χ0v) is 19.1. The maximum absolute atomic E-state index is 12.7. The van der Waals surface area contributed by atoms with Crippen LogP contribution in [0.3, 0.4) is 0 Å². The van der Waals surface area contributed by atoms with E-state index in [1.54, 1.807) is 20.2 Å². The summed E-state index contributed by atoms with van der Waals surface area (Å²) in [6.07, 6.45) is 4.46. The number of esters is 1. The lowest BCUT2D eigenvalue weighted by Crippen LogP contribution is -2.38. The molecule has 1 saturated carbocycles. The first-order valence-electron chi connectivity index (χ1n) is 10.8. The molecule has 0 N–H and O–H groups in total. The van der Waals surface area contributed by atoms with Crippen LogP contribution in [0.1, 0.15) is 55.6 Å². The summed E-state index contributed by atoms with van der Waals surface area (Å²) in [5, 5.41) is 0.510. The number of rotatable bonds is 6. The van der Waals surface area contributed by atoms with Gasteiger partial charge in [-0.15, -0.1) is 0 Å². The molecule has 166 valence electrons. The van der Waals surface area contributed by atoms with Gasteiger partial charge in [0.1, 0.15) is 17.4 Å². The van der Waals surface area contributed by atoms with Crippen LogP contribution < -0.4 is 10.2 Å². The summed E-state index contributed by atoms with van der Waals surface area (Å²) in [6.45, 7) is 6.21. The number of aromatic nitrogens is 1. The van der Waals surface area contributed by atoms with Gasteiger partial charge in [-0.3, -0.25) is 4.79 Å². The smallest absolute Gasteiger partial charge is 0.343 e. The Morgan fingerprint density at radius 1 is 1.23 bits per heavy atom. The highest BCUT2D eigenvalue weighted by atomic mass is 35.5. The van der Waals surface area contributed by atoms with Crippen molar-refractivity contribution in [1.29, 1.82) is 0 Å². The van der Waals surface area contributed by atoms with Gasteiger partial charge >= 0.3 is 5.97 Å². The van der Waals surface area contributed by atoms with Crippen LogP contribution in [-0.2, 0) is 15.9 Å². The van der Waals surface area contributed by atoms with Crippen molar-refractivity contribution in [1.82, 2.24) is 4.57 Å². The van der Waals surface area contributed by atoms with Crippen molar-refractivity contribution in [2.75, 3.05) is 13.7 Å². The van der Waals surface area contributed by atoms with Crippen molar-refractivity contribution in [3.05, 3.63) is 50.8 Å². The van der Waals surface area contributed by atoms with Gasteiger partial charge in [-0.25, -0.2) is 4.79 Å². The average molecular weight is 446 g/mol. The molecule has 31 heavy (non-hydrogen) atoms. The quantitative estimate of drug-likeness (QED) is 0.605. The van der Waals surface area contributed by atoms with Gasteiger partial charge in [0.15, 0.2) is 5.43 Å². The molecule has 0 spiro atoms. The number of ether oxygens (including phenoxy) is 3. The Kier molecular flexibility index (Phi) is 6.13. The lowest BCUT2D eigenvalue weighted by Gasteiger charge is -2.36. The number of pyridine rings is 1. The van der Waals surface area contributed by atoms with Gasteiger partial charge < -0.3 is 18.8 Å². The fourth-order valence-corrected chi connectivity index (χ4v) is 4.57. The van der Waals surface area contributed by atoms with Gasteiger partial charge in [0.25, 0.3) is 0 Å². The van der Waals surface area contributed by atoms with Crippen molar-refractivity contribution >= 4 is 17.6 Å². The summed E-state index contributed by atoms with van der Waals surface area (Å²) < 4.78 is 18.5. The van der Waals surface area contributed by atoms with E-state index in [0.717, 1.165) is 36.1 Å². The molecule has 0 amide bonds. The molecule has 2 heterocycles. The van der Waals surface area contributed by atoms with Crippen molar-refractivity contribution < 1.29 is 19.0 Å². The number of benzene rings is 1. The lowest BCUT2D eigenvalue weighted by atomic mass is 9.87. The molecule has 1 atom stereocenters. The van der Waals surface area contributed by atoms with Gasteiger partial charge in [-0.05, 0) is 37.0 Å². The minimum absolute atomic E-state index is 0.0587. The third-order valence-electron chi connectivity index (χ3n) is 6.24.